The molecular weight excluding hydrogens is 581 g/mol. The maximum Gasteiger partial charge on any atom is 0.338 e. The fraction of sp³-hybridized carbons (Fsp3) is 0.500. The van der Waals surface area contributed by atoms with Gasteiger partial charge in [0.2, 0.25) is 5.95 Å². The van der Waals surface area contributed by atoms with E-state index in [0.29, 0.717) is 11.0 Å². The molecule has 0 saturated carbocycles. The average molecular weight is 609 g/mol. The van der Waals surface area contributed by atoms with Crippen molar-refractivity contribution in [2.24, 2.45) is 0 Å². The largest absolute Gasteiger partial charge is 0.396 e. The number of pyridine rings is 1. The number of nitrogens with one attached hydrogen (secondary N) is 1. The first-order valence-electron chi connectivity index (χ1n) is 12.7. The fourth-order valence-corrected chi connectivity index (χ4v) is 7.00. The number of aromatic amines is 1. The predicted molar refractivity (Wildman–Crippen MR) is 142 cm³/mol. The van der Waals surface area contributed by atoms with Gasteiger partial charge in [-0.3, -0.25) is 18.9 Å². The molecule has 2 aliphatic rings. The van der Waals surface area contributed by atoms with Gasteiger partial charge in [0.25, 0.3) is 5.56 Å². The first-order chi connectivity index (χ1) is 20.0. The first-order valence-corrected chi connectivity index (χ1v) is 14.4. The van der Waals surface area contributed by atoms with Gasteiger partial charge in [0.1, 0.15) is 29.5 Å². The molecule has 20 heteroatoms. The van der Waals surface area contributed by atoms with Crippen LogP contribution in [0.4, 0.5) is 11.8 Å². The Kier molecular flexibility index (Phi) is 7.24. The monoisotopic (exact) mass is 609 g/mol. The van der Waals surface area contributed by atoms with E-state index in [1.807, 2.05) is 0 Å². The summed E-state index contributed by atoms with van der Waals surface area (Å²) < 4.78 is 33.3. The van der Waals surface area contributed by atoms with Gasteiger partial charge in [-0.15, -0.1) is 0 Å². The number of nitrogens with two attached hydrogens (primary N) is 2. The number of imidazole rings is 2. The van der Waals surface area contributed by atoms with Crippen LogP contribution in [0.3, 0.4) is 0 Å². The summed E-state index contributed by atoms with van der Waals surface area (Å²) in [4.78, 5) is 41.8. The van der Waals surface area contributed by atoms with Crippen molar-refractivity contribution in [2.45, 2.75) is 55.1 Å². The molecule has 0 radical (unpaired) electrons. The number of aliphatic hydroxyl groups excluding tert-OH is 4. The number of anilines is 2. The van der Waals surface area contributed by atoms with Crippen molar-refractivity contribution >= 4 is 41.6 Å². The second-order valence-corrected chi connectivity index (χ2v) is 11.9. The summed E-state index contributed by atoms with van der Waals surface area (Å²) in [6, 6.07) is 1.59. The summed E-state index contributed by atoms with van der Waals surface area (Å²) in [5, 5.41) is 41.9. The minimum Gasteiger partial charge on any atom is -0.396 e. The van der Waals surface area contributed by atoms with Crippen molar-refractivity contribution in [3.63, 3.8) is 0 Å². The number of H-pyrrole nitrogens is 1. The number of nitrogens with zero attached hydrogens (tertiary/aromatic N) is 6. The van der Waals surface area contributed by atoms with E-state index in [2.05, 4.69) is 24.9 Å². The molecule has 6 rings (SSSR count). The Morgan fingerprint density at radius 2 is 1.71 bits per heavy atom. The zero-order chi connectivity index (χ0) is 29.9. The van der Waals surface area contributed by atoms with E-state index in [1.165, 1.54) is 21.7 Å². The molecule has 9 atom stereocenters. The van der Waals surface area contributed by atoms with E-state index in [9.17, 15) is 34.7 Å². The second-order valence-electron chi connectivity index (χ2n) is 9.96. The Morgan fingerprint density at radius 3 is 2.48 bits per heavy atom. The summed E-state index contributed by atoms with van der Waals surface area (Å²) in [5.41, 5.74) is 9.82. The highest BCUT2D eigenvalue weighted by atomic mass is 31.2. The van der Waals surface area contributed by atoms with Gasteiger partial charge in [0, 0.05) is 12.8 Å². The molecule has 2 fully saturated rings. The van der Waals surface area contributed by atoms with Gasteiger partial charge in [-0.05, 0) is 12.5 Å². The summed E-state index contributed by atoms with van der Waals surface area (Å²) in [6.45, 7) is -1.08. The van der Waals surface area contributed by atoms with Gasteiger partial charge >= 0.3 is 7.60 Å². The first kappa shape index (κ1) is 28.6. The second kappa shape index (κ2) is 10.6. The average Bonchev–Trinajstić information content (AvgIpc) is 3.69. The summed E-state index contributed by atoms with van der Waals surface area (Å²) in [6.07, 6.45) is -5.72. The zero-order valence-corrected chi connectivity index (χ0v) is 22.5. The van der Waals surface area contributed by atoms with Crippen molar-refractivity contribution in [3.8, 4) is 0 Å². The maximum absolute atomic E-state index is 13.7. The molecule has 0 aromatic carbocycles. The molecule has 4 aromatic rings. The van der Waals surface area contributed by atoms with Gasteiger partial charge in [-0.1, -0.05) is 0 Å². The van der Waals surface area contributed by atoms with Crippen molar-refractivity contribution in [2.75, 3.05) is 24.7 Å². The topological polar surface area (TPSA) is 292 Å². The highest BCUT2D eigenvalue weighted by Gasteiger charge is 2.55. The molecule has 226 valence electrons. The van der Waals surface area contributed by atoms with Crippen LogP contribution in [0.15, 0.2) is 29.7 Å². The van der Waals surface area contributed by atoms with Crippen LogP contribution in [0.5, 0.6) is 0 Å². The van der Waals surface area contributed by atoms with E-state index in [-0.39, 0.29) is 29.4 Å². The van der Waals surface area contributed by atoms with E-state index in [0.717, 1.165) is 6.33 Å². The van der Waals surface area contributed by atoms with Crippen LogP contribution in [-0.4, -0.2) is 109 Å². The number of aliphatic hydroxyl groups is 4. The summed E-state index contributed by atoms with van der Waals surface area (Å²) >= 11 is 0. The van der Waals surface area contributed by atoms with E-state index >= 15 is 0 Å². The lowest BCUT2D eigenvalue weighted by Crippen LogP contribution is -2.36. The molecule has 2 saturated heterocycles. The lowest BCUT2D eigenvalue weighted by Gasteiger charge is -2.27. The Morgan fingerprint density at radius 1 is 1.00 bits per heavy atom. The van der Waals surface area contributed by atoms with Crippen LogP contribution >= 0.6 is 7.60 Å². The molecule has 0 bridgehead atoms. The van der Waals surface area contributed by atoms with Crippen molar-refractivity contribution in [1.82, 2.24) is 34.1 Å². The number of fused-ring (bicyclic) bond motifs is 2. The molecule has 0 spiro atoms. The SMILES string of the molecule is Nc1nc2c(ncn2[C@@H]2O[C@H](CCO)[C@@H](O)[C@H]2P(=O)(O)OC[C@H]2O[C@@H](n3cnc4c(N)nccc43)[C@H](O)[C@@H]2O)c(=O)[nH]1. The Labute approximate surface area is 234 Å². The highest BCUT2D eigenvalue weighted by Crippen LogP contribution is 2.58. The lowest BCUT2D eigenvalue weighted by molar-refractivity contribution is -0.0491. The third kappa shape index (κ3) is 4.64. The normalized spacial score (nSPS) is 31.3. The Hall–Kier alpha value is -3.52. The molecule has 10 N–H and O–H groups in total. The molecule has 42 heavy (non-hydrogen) atoms. The predicted octanol–water partition coefficient (Wildman–Crippen LogP) is -2.44. The maximum atomic E-state index is 13.7. The number of aromatic nitrogens is 7. The molecule has 6 heterocycles. The Balaban J connectivity index is 1.25. The number of hydrogen-bond donors (Lipinski definition) is 8. The van der Waals surface area contributed by atoms with Crippen molar-refractivity contribution in [3.05, 3.63) is 35.3 Å². The molecule has 2 aliphatic heterocycles. The quantitative estimate of drug-likeness (QED) is 0.0962. The lowest BCUT2D eigenvalue weighted by atomic mass is 10.1. The smallest absolute Gasteiger partial charge is 0.338 e. The molecule has 19 nitrogen and oxygen atoms in total. The van der Waals surface area contributed by atoms with Crippen LogP contribution in [0, 0.1) is 0 Å². The Bertz CT molecular complexity index is 1730. The van der Waals surface area contributed by atoms with Crippen LogP contribution < -0.4 is 17.0 Å². The van der Waals surface area contributed by atoms with Gasteiger partial charge in [0.05, 0.1) is 37.0 Å². The van der Waals surface area contributed by atoms with Gasteiger partial charge in [-0.2, -0.15) is 4.98 Å². The molecule has 4 aromatic heterocycles. The molecule has 0 amide bonds. The molecule has 1 unspecified atom stereocenters. The summed E-state index contributed by atoms with van der Waals surface area (Å²) in [5.74, 6) is -0.0928. The van der Waals surface area contributed by atoms with Crippen molar-refractivity contribution in [1.29, 1.82) is 0 Å². The third-order valence-corrected chi connectivity index (χ3v) is 9.24. The third-order valence-electron chi connectivity index (χ3n) is 7.41. The molecule has 0 aliphatic carbocycles. The van der Waals surface area contributed by atoms with E-state index in [1.54, 1.807) is 6.07 Å². The zero-order valence-electron chi connectivity index (χ0n) is 21.6. The van der Waals surface area contributed by atoms with Crippen LogP contribution in [0.2, 0.25) is 0 Å². The van der Waals surface area contributed by atoms with Crippen LogP contribution in [0.25, 0.3) is 22.2 Å². The standard InChI is InChI=1S/C22H28N9O10P/c23-17-11-8(1-3-25-17)30(6-26-11)20-15(35)13(33)10(41-20)5-39-42(37,38)16-14(34)9(2-4-32)40-21(16)31-7-27-12-18(31)28-22(24)29-19(12)36/h1,3,6-7,9-10,13-16,20-21,32-35H,2,4-5H2,(H2,23,25)(H,37,38)(H3,24,28,29,36)/t9-,10-,13-,14-,15-,16-,20-,21-/m1/s1. The van der Waals surface area contributed by atoms with Gasteiger partial charge in [-0.25, -0.2) is 15.0 Å². The minimum absolute atomic E-state index is 0.0768. The van der Waals surface area contributed by atoms with Gasteiger partial charge in [0.15, 0.2) is 29.4 Å². The van der Waals surface area contributed by atoms with Crippen LogP contribution in [0.1, 0.15) is 18.9 Å². The summed E-state index contributed by atoms with van der Waals surface area (Å²) in [7, 11) is -4.85. The van der Waals surface area contributed by atoms with E-state index in [4.69, 9.17) is 25.5 Å². The van der Waals surface area contributed by atoms with Crippen LogP contribution in [-0.2, 0) is 18.6 Å². The number of ether oxygens (including phenoxy) is 2. The highest BCUT2D eigenvalue weighted by molar-refractivity contribution is 7.53. The fourth-order valence-electron chi connectivity index (χ4n) is 5.36. The van der Waals surface area contributed by atoms with E-state index < -0.39 is 75.0 Å². The number of rotatable bonds is 8. The molecular formula is C22H28N9O10P. The number of hydrogen-bond acceptors (Lipinski definition) is 15. The number of nitrogen functional groups attached to an aromatic ring is 2. The van der Waals surface area contributed by atoms with Gasteiger partial charge < -0.3 is 55.4 Å². The van der Waals surface area contributed by atoms with Crippen molar-refractivity contribution < 1.29 is 43.9 Å². The minimum atomic E-state index is -4.85.